The number of hydrogen-bond donors (Lipinski definition) is 1. The molecule has 0 unspecified atom stereocenters. The smallest absolute Gasteiger partial charge is 0.416 e. The summed E-state index contributed by atoms with van der Waals surface area (Å²) in [5.74, 6) is 1.24. The van der Waals surface area contributed by atoms with Crippen LogP contribution in [0.15, 0.2) is 93.8 Å². The number of alkyl halides is 3. The molecular weight excluding hydrogens is 718 g/mol. The van der Waals surface area contributed by atoms with Crippen molar-refractivity contribution >= 4 is 74.3 Å². The molecule has 0 spiro atoms. The average Bonchev–Trinajstić information content (AvgIpc) is 3.82. The molecule has 0 radical (unpaired) electrons. The maximum absolute atomic E-state index is 13.2. The highest BCUT2D eigenvalue weighted by molar-refractivity contribution is 8.18. The number of aromatic hydroxyl groups is 1. The first-order valence-corrected chi connectivity index (χ1v) is 18.9. The van der Waals surface area contributed by atoms with Crippen molar-refractivity contribution in [1.29, 1.82) is 0 Å². The molecule has 15 heteroatoms. The molecule has 3 aromatic carbocycles. The fourth-order valence-corrected chi connectivity index (χ4v) is 8.91. The molecule has 8 rings (SSSR count). The first-order chi connectivity index (χ1) is 24.7. The lowest BCUT2D eigenvalue weighted by atomic mass is 10.1. The molecule has 0 atom stereocenters. The predicted octanol–water partition coefficient (Wildman–Crippen LogP) is 5.26. The standard InChI is InChI=1S/C21H18F3N3OS.C15H13N3O2S2/c22-21(23,24)17-9-5-4-6-15(17)14-18-19(28)25-20(29-18)27-12-10-26(11-13-27)16-7-2-1-3-8-16;19-13-11(9-3-1-2-4-10(9)16-13)12-14(20)17-15(22-12)18-5-7-21-8-6-18/h1-9,14H,10-13H2;1-4,20H,5-8H2. The van der Waals surface area contributed by atoms with Gasteiger partial charge in [0.05, 0.1) is 21.4 Å². The van der Waals surface area contributed by atoms with Gasteiger partial charge in [-0.1, -0.05) is 65.9 Å². The molecule has 4 aliphatic rings. The topological polar surface area (TPSA) is 102 Å². The summed E-state index contributed by atoms with van der Waals surface area (Å²) in [5.41, 5.74) is 0.823. The van der Waals surface area contributed by atoms with E-state index in [1.54, 1.807) is 6.07 Å². The lowest BCUT2D eigenvalue weighted by Crippen LogP contribution is -2.47. The largest absolute Gasteiger partial charge is 0.492 e. The van der Waals surface area contributed by atoms with Crippen LogP contribution < -0.4 is 20.4 Å². The first kappa shape index (κ1) is 34.8. The number of nitrogens with zero attached hydrogens (tertiary/aromatic N) is 6. The van der Waals surface area contributed by atoms with Crippen LogP contribution >= 0.6 is 34.9 Å². The average molecular weight is 749 g/mol. The number of thiazole rings is 1. The number of fused-ring (bicyclic) bond motifs is 1. The number of carbonyl (C=O) groups excluding carboxylic acids is 2. The lowest BCUT2D eigenvalue weighted by molar-refractivity contribution is -0.137. The first-order valence-electron chi connectivity index (χ1n) is 16.1. The van der Waals surface area contributed by atoms with Crippen LogP contribution in [0, 0.1) is 0 Å². The van der Waals surface area contributed by atoms with Crippen molar-refractivity contribution in [3.05, 3.63) is 110 Å². The maximum atomic E-state index is 13.2. The highest BCUT2D eigenvalue weighted by Crippen LogP contribution is 2.38. The summed E-state index contributed by atoms with van der Waals surface area (Å²) in [6.45, 7) is 4.80. The van der Waals surface area contributed by atoms with Crippen LogP contribution in [0.2, 0.25) is 0 Å². The van der Waals surface area contributed by atoms with Crippen molar-refractivity contribution in [3.63, 3.8) is 0 Å². The van der Waals surface area contributed by atoms with E-state index in [1.165, 1.54) is 35.6 Å². The molecule has 9 nitrogen and oxygen atoms in total. The predicted molar refractivity (Wildman–Crippen MR) is 198 cm³/mol. The molecule has 0 bridgehead atoms. The number of amides is 2. The summed E-state index contributed by atoms with van der Waals surface area (Å²) in [6.07, 6.45) is -3.19. The number of aromatic nitrogens is 1. The molecule has 4 aromatic rings. The number of amidine groups is 1. The zero-order chi connectivity index (χ0) is 35.5. The summed E-state index contributed by atoms with van der Waals surface area (Å²) >= 11 is 4.43. The van der Waals surface area contributed by atoms with Gasteiger partial charge < -0.3 is 19.8 Å². The van der Waals surface area contributed by atoms with E-state index < -0.39 is 17.6 Å². The molecule has 51 heavy (non-hydrogen) atoms. The van der Waals surface area contributed by atoms with Gasteiger partial charge in [-0.05, 0) is 47.7 Å². The highest BCUT2D eigenvalue weighted by Gasteiger charge is 2.34. The second-order valence-electron chi connectivity index (χ2n) is 11.8. The number of benzene rings is 3. The summed E-state index contributed by atoms with van der Waals surface area (Å²) in [5, 5.41) is 13.0. The van der Waals surface area contributed by atoms with E-state index in [9.17, 15) is 27.9 Å². The summed E-state index contributed by atoms with van der Waals surface area (Å²) in [6, 6.07) is 22.7. The molecule has 0 saturated carbocycles. The van der Waals surface area contributed by atoms with Gasteiger partial charge in [-0.2, -0.15) is 34.9 Å². The fourth-order valence-electron chi connectivity index (χ4n) is 5.99. The van der Waals surface area contributed by atoms with Gasteiger partial charge in [0.1, 0.15) is 4.88 Å². The minimum absolute atomic E-state index is 0.0267. The van der Waals surface area contributed by atoms with Crippen molar-refractivity contribution in [2.75, 3.05) is 60.6 Å². The van der Waals surface area contributed by atoms with Crippen molar-refractivity contribution in [2.24, 2.45) is 9.98 Å². The third-order valence-corrected chi connectivity index (χ3v) is 11.7. The Morgan fingerprint density at radius 2 is 1.41 bits per heavy atom. The van der Waals surface area contributed by atoms with Crippen LogP contribution in [-0.2, 0) is 15.8 Å². The van der Waals surface area contributed by atoms with E-state index in [4.69, 9.17) is 0 Å². The zero-order valence-corrected chi connectivity index (χ0v) is 29.5. The molecule has 1 N–H and O–H groups in total. The molecule has 2 fully saturated rings. The third kappa shape index (κ3) is 7.70. The number of halogens is 3. The number of aliphatic imine (C=N–C) groups is 1. The monoisotopic (exact) mass is 748 g/mol. The van der Waals surface area contributed by atoms with Crippen molar-refractivity contribution in [3.8, 4) is 5.88 Å². The molecule has 2 amide bonds. The van der Waals surface area contributed by atoms with Gasteiger partial charge in [0.25, 0.3) is 11.8 Å². The Balaban J connectivity index is 0.000000165. The number of para-hydroxylation sites is 2. The number of thioether (sulfide) groups is 2. The molecular formula is C36H31F3N6O3S3. The zero-order valence-electron chi connectivity index (χ0n) is 27.0. The second-order valence-corrected chi connectivity index (χ2v) is 15.0. The fraction of sp³-hybridized carbons (Fsp3) is 0.250. The highest BCUT2D eigenvalue weighted by atomic mass is 32.2. The van der Waals surface area contributed by atoms with Gasteiger partial charge in [0.15, 0.2) is 10.3 Å². The Kier molecular flexibility index (Phi) is 10.2. The summed E-state index contributed by atoms with van der Waals surface area (Å²) in [4.78, 5) is 44.0. The van der Waals surface area contributed by atoms with E-state index in [1.807, 2.05) is 53.1 Å². The molecule has 4 aliphatic heterocycles. The minimum Gasteiger partial charge on any atom is -0.492 e. The Bertz CT molecular complexity index is 2140. The van der Waals surface area contributed by atoms with Gasteiger partial charge in [0, 0.05) is 61.7 Å². The van der Waals surface area contributed by atoms with Crippen LogP contribution in [0.4, 0.5) is 24.0 Å². The van der Waals surface area contributed by atoms with Gasteiger partial charge in [0.2, 0.25) is 5.88 Å². The van der Waals surface area contributed by atoms with Crippen LogP contribution in [0.5, 0.6) is 5.88 Å². The van der Waals surface area contributed by atoms with Crippen LogP contribution in [-0.4, -0.2) is 82.7 Å². The van der Waals surface area contributed by atoms with E-state index in [2.05, 4.69) is 36.9 Å². The van der Waals surface area contributed by atoms with Gasteiger partial charge in [-0.3, -0.25) is 9.59 Å². The van der Waals surface area contributed by atoms with Crippen LogP contribution in [0.3, 0.4) is 0 Å². The Hall–Kier alpha value is -4.60. The molecule has 1 aromatic heterocycles. The van der Waals surface area contributed by atoms with Gasteiger partial charge in [-0.15, -0.1) is 0 Å². The second kappa shape index (κ2) is 14.9. The molecule has 2 saturated heterocycles. The van der Waals surface area contributed by atoms with E-state index >= 15 is 0 Å². The molecule has 262 valence electrons. The number of hydrogen-bond acceptors (Lipinski definition) is 10. The molecule has 0 aliphatic carbocycles. The maximum Gasteiger partial charge on any atom is 0.416 e. The van der Waals surface area contributed by atoms with E-state index in [0.29, 0.717) is 34.1 Å². The Labute approximate surface area is 303 Å². The van der Waals surface area contributed by atoms with E-state index in [0.717, 1.165) is 71.6 Å². The third-order valence-electron chi connectivity index (χ3n) is 8.55. The summed E-state index contributed by atoms with van der Waals surface area (Å²) < 4.78 is 39.6. The minimum atomic E-state index is -4.47. The SMILES string of the molecule is O=C1N=C(N2CCN(c3ccccc3)CC2)SC1=Cc1ccccc1C(F)(F)F.O=C1N=c2ccccc2=C1c1sc(N2CCSCC2)nc1O. The van der Waals surface area contributed by atoms with Gasteiger partial charge >= 0.3 is 6.18 Å². The quantitative estimate of drug-likeness (QED) is 0.281. The van der Waals surface area contributed by atoms with Crippen molar-refractivity contribution < 1.29 is 27.9 Å². The molecule has 5 heterocycles. The number of piperazine rings is 1. The normalized spacial score (nSPS) is 18.4. The Morgan fingerprint density at radius 3 is 2.16 bits per heavy atom. The van der Waals surface area contributed by atoms with Crippen molar-refractivity contribution in [2.45, 2.75) is 6.18 Å². The van der Waals surface area contributed by atoms with Crippen LogP contribution in [0.1, 0.15) is 16.0 Å². The lowest BCUT2D eigenvalue weighted by Gasteiger charge is -2.36. The Morgan fingerprint density at radius 1 is 0.745 bits per heavy atom. The number of rotatable bonds is 4. The summed E-state index contributed by atoms with van der Waals surface area (Å²) in [7, 11) is 0. The van der Waals surface area contributed by atoms with Gasteiger partial charge in [-0.25, -0.2) is 4.99 Å². The van der Waals surface area contributed by atoms with E-state index in [-0.39, 0.29) is 22.3 Å². The van der Waals surface area contributed by atoms with Crippen LogP contribution in [0.25, 0.3) is 11.6 Å². The number of anilines is 2. The number of carbonyl (C=O) groups is 2. The van der Waals surface area contributed by atoms with Crippen molar-refractivity contribution in [1.82, 2.24) is 9.88 Å².